The molecule has 0 saturated carbocycles. The van der Waals surface area contributed by atoms with Crippen LogP contribution in [0.5, 0.6) is 0 Å². The zero-order chi connectivity index (χ0) is 17.6. The van der Waals surface area contributed by atoms with Gasteiger partial charge < -0.3 is 10.3 Å². The highest BCUT2D eigenvalue weighted by Crippen LogP contribution is 2.14. The lowest BCUT2D eigenvalue weighted by Crippen LogP contribution is -2.23. The zero-order valence-corrected chi connectivity index (χ0v) is 13.3. The molecule has 126 valence electrons. The Labute approximate surface area is 143 Å². The third kappa shape index (κ3) is 4.29. The highest BCUT2D eigenvalue weighted by atomic mass is 16.6. The Kier molecular flexibility index (Phi) is 4.84. The van der Waals surface area contributed by atoms with Crippen LogP contribution in [0.2, 0.25) is 0 Å². The summed E-state index contributed by atoms with van der Waals surface area (Å²) in [5.41, 5.74) is 2.46. The van der Waals surface area contributed by atoms with Gasteiger partial charge in [0.25, 0.3) is 5.69 Å². The van der Waals surface area contributed by atoms with Crippen LogP contribution in [-0.2, 0) is 11.2 Å². The van der Waals surface area contributed by atoms with Crippen LogP contribution >= 0.6 is 0 Å². The minimum atomic E-state index is -0.468. The topological polar surface area (TPSA) is 101 Å². The van der Waals surface area contributed by atoms with Gasteiger partial charge in [-0.15, -0.1) is 0 Å². The molecule has 25 heavy (non-hydrogen) atoms. The van der Waals surface area contributed by atoms with E-state index in [0.717, 1.165) is 16.9 Å². The molecule has 0 atom stereocenters. The number of amides is 1. The average Bonchev–Trinajstić information content (AvgIpc) is 3.03. The average molecular weight is 336 g/mol. The lowest BCUT2D eigenvalue weighted by Gasteiger charge is -2.00. The first kappa shape index (κ1) is 16.4. The van der Waals surface area contributed by atoms with Crippen molar-refractivity contribution in [2.24, 2.45) is 0 Å². The van der Waals surface area contributed by atoms with Crippen molar-refractivity contribution in [1.29, 1.82) is 0 Å². The number of hydrogen-bond acceptors (Lipinski definition) is 4. The number of nitrogens with one attached hydrogen (secondary N) is 2. The number of aromatic amines is 1. The predicted molar refractivity (Wildman–Crippen MR) is 94.9 cm³/mol. The van der Waals surface area contributed by atoms with Crippen molar-refractivity contribution < 1.29 is 9.72 Å². The SMILES string of the molecule is O=C(/C=C/c1cccc([N+](=O)[O-])c1)NCCc1nc2ccccc2[nH]1. The number of nitro benzene ring substituents is 1. The van der Waals surface area contributed by atoms with Crippen molar-refractivity contribution in [2.45, 2.75) is 6.42 Å². The van der Waals surface area contributed by atoms with Crippen LogP contribution in [0.25, 0.3) is 17.1 Å². The maximum absolute atomic E-state index is 11.8. The number of para-hydroxylation sites is 2. The molecule has 0 bridgehead atoms. The summed E-state index contributed by atoms with van der Waals surface area (Å²) in [5.74, 6) is 0.548. The summed E-state index contributed by atoms with van der Waals surface area (Å²) in [7, 11) is 0. The standard InChI is InChI=1S/C18H16N4O3/c23-18(9-8-13-4-3-5-14(12-13)22(24)25)19-11-10-17-20-15-6-1-2-7-16(15)21-17/h1-9,12H,10-11H2,(H,19,23)(H,20,21)/b9-8+. The van der Waals surface area contributed by atoms with E-state index < -0.39 is 4.92 Å². The molecule has 0 unspecified atom stereocenters. The number of carbonyl (C=O) groups excluding carboxylic acids is 1. The fourth-order valence-corrected chi connectivity index (χ4v) is 2.40. The molecule has 2 N–H and O–H groups in total. The van der Waals surface area contributed by atoms with E-state index >= 15 is 0 Å². The molecule has 0 spiro atoms. The van der Waals surface area contributed by atoms with E-state index in [1.807, 2.05) is 24.3 Å². The van der Waals surface area contributed by atoms with E-state index in [-0.39, 0.29) is 11.6 Å². The Morgan fingerprint density at radius 2 is 2.08 bits per heavy atom. The molecular weight excluding hydrogens is 320 g/mol. The van der Waals surface area contributed by atoms with Gasteiger partial charge in [-0.25, -0.2) is 4.98 Å². The third-order valence-corrected chi connectivity index (χ3v) is 3.61. The van der Waals surface area contributed by atoms with E-state index in [1.165, 1.54) is 18.2 Å². The molecule has 0 aliphatic carbocycles. The number of hydrogen-bond donors (Lipinski definition) is 2. The minimum Gasteiger partial charge on any atom is -0.352 e. The maximum atomic E-state index is 11.8. The van der Waals surface area contributed by atoms with E-state index in [0.29, 0.717) is 18.5 Å². The number of benzene rings is 2. The fourth-order valence-electron chi connectivity index (χ4n) is 2.40. The van der Waals surface area contributed by atoms with Gasteiger partial charge in [0.1, 0.15) is 5.82 Å². The number of aromatic nitrogens is 2. The normalized spacial score (nSPS) is 11.0. The van der Waals surface area contributed by atoms with Crippen LogP contribution in [0.3, 0.4) is 0 Å². The molecule has 3 rings (SSSR count). The van der Waals surface area contributed by atoms with Crippen LogP contribution in [0, 0.1) is 10.1 Å². The van der Waals surface area contributed by atoms with Gasteiger partial charge in [-0.1, -0.05) is 24.3 Å². The molecule has 0 radical (unpaired) electrons. The molecule has 7 heteroatoms. The number of fused-ring (bicyclic) bond motifs is 1. The second kappa shape index (κ2) is 7.39. The maximum Gasteiger partial charge on any atom is 0.270 e. The van der Waals surface area contributed by atoms with Gasteiger partial charge in [-0.05, 0) is 23.8 Å². The van der Waals surface area contributed by atoms with Gasteiger partial charge in [0.05, 0.1) is 16.0 Å². The van der Waals surface area contributed by atoms with Crippen LogP contribution < -0.4 is 5.32 Å². The van der Waals surface area contributed by atoms with Crippen molar-refractivity contribution in [3.63, 3.8) is 0 Å². The summed E-state index contributed by atoms with van der Waals surface area (Å²) < 4.78 is 0. The minimum absolute atomic E-state index is 0.00700. The molecular formula is C18H16N4O3. The van der Waals surface area contributed by atoms with Gasteiger partial charge in [-0.2, -0.15) is 0 Å². The number of non-ortho nitro benzene ring substituents is 1. The first-order valence-electron chi connectivity index (χ1n) is 7.76. The van der Waals surface area contributed by atoms with Gasteiger partial charge in [0, 0.05) is 31.2 Å². The van der Waals surface area contributed by atoms with Crippen molar-refractivity contribution >= 4 is 28.7 Å². The highest BCUT2D eigenvalue weighted by molar-refractivity contribution is 5.91. The summed E-state index contributed by atoms with van der Waals surface area (Å²) in [6.07, 6.45) is 3.49. The predicted octanol–water partition coefficient (Wildman–Crippen LogP) is 2.84. The first-order chi connectivity index (χ1) is 12.1. The number of nitrogens with zero attached hydrogens (tertiary/aromatic N) is 2. The van der Waals surface area contributed by atoms with Gasteiger partial charge in [0.2, 0.25) is 5.91 Å². The summed E-state index contributed by atoms with van der Waals surface area (Å²) in [5, 5.41) is 13.5. The fraction of sp³-hybridized carbons (Fsp3) is 0.111. The van der Waals surface area contributed by atoms with E-state index in [9.17, 15) is 14.9 Å². The lowest BCUT2D eigenvalue weighted by atomic mass is 10.2. The summed E-state index contributed by atoms with van der Waals surface area (Å²) in [6.45, 7) is 0.442. The number of H-pyrrole nitrogens is 1. The Morgan fingerprint density at radius 1 is 1.24 bits per heavy atom. The molecule has 1 amide bonds. The van der Waals surface area contributed by atoms with Crippen molar-refractivity contribution in [2.75, 3.05) is 6.54 Å². The largest absolute Gasteiger partial charge is 0.352 e. The quantitative estimate of drug-likeness (QED) is 0.410. The summed E-state index contributed by atoms with van der Waals surface area (Å²) in [6, 6.07) is 13.8. The van der Waals surface area contributed by atoms with Crippen molar-refractivity contribution in [3.05, 3.63) is 76.1 Å². The Balaban J connectivity index is 1.52. The summed E-state index contributed by atoms with van der Waals surface area (Å²) >= 11 is 0. The molecule has 1 heterocycles. The van der Waals surface area contributed by atoms with E-state index in [2.05, 4.69) is 15.3 Å². The highest BCUT2D eigenvalue weighted by Gasteiger charge is 2.05. The van der Waals surface area contributed by atoms with Gasteiger partial charge >= 0.3 is 0 Å². The van der Waals surface area contributed by atoms with E-state index in [4.69, 9.17) is 0 Å². The van der Waals surface area contributed by atoms with Crippen LogP contribution in [-0.4, -0.2) is 27.3 Å². The monoisotopic (exact) mass is 336 g/mol. The molecule has 3 aromatic rings. The van der Waals surface area contributed by atoms with Crippen LogP contribution in [0.1, 0.15) is 11.4 Å². The van der Waals surface area contributed by atoms with Crippen molar-refractivity contribution in [1.82, 2.24) is 15.3 Å². The first-order valence-corrected chi connectivity index (χ1v) is 7.76. The van der Waals surface area contributed by atoms with Crippen molar-refractivity contribution in [3.8, 4) is 0 Å². The lowest BCUT2D eigenvalue weighted by molar-refractivity contribution is -0.384. The molecule has 7 nitrogen and oxygen atoms in total. The number of nitro groups is 1. The second-order valence-corrected chi connectivity index (χ2v) is 5.43. The second-order valence-electron chi connectivity index (χ2n) is 5.43. The third-order valence-electron chi connectivity index (χ3n) is 3.61. The van der Waals surface area contributed by atoms with E-state index in [1.54, 1.807) is 18.2 Å². The Morgan fingerprint density at radius 3 is 2.88 bits per heavy atom. The number of carbonyl (C=O) groups is 1. The Bertz CT molecular complexity index is 913. The molecule has 0 aliphatic heterocycles. The zero-order valence-electron chi connectivity index (χ0n) is 13.3. The molecule has 0 saturated heterocycles. The van der Waals surface area contributed by atoms with Gasteiger partial charge in [0.15, 0.2) is 0 Å². The smallest absolute Gasteiger partial charge is 0.270 e. The van der Waals surface area contributed by atoms with Gasteiger partial charge in [-0.3, -0.25) is 14.9 Å². The van der Waals surface area contributed by atoms with Crippen LogP contribution in [0.15, 0.2) is 54.6 Å². The summed E-state index contributed by atoms with van der Waals surface area (Å²) in [4.78, 5) is 29.7. The number of imidazole rings is 1. The Hall–Kier alpha value is -3.48. The molecule has 2 aromatic carbocycles. The number of rotatable bonds is 6. The molecule has 0 aliphatic rings. The van der Waals surface area contributed by atoms with Crippen LogP contribution in [0.4, 0.5) is 5.69 Å². The molecule has 0 fully saturated rings. The molecule has 1 aromatic heterocycles.